The van der Waals surface area contributed by atoms with Gasteiger partial charge in [-0.05, 0) is 29.3 Å². The van der Waals surface area contributed by atoms with Gasteiger partial charge in [-0.1, -0.05) is 91.0 Å². The van der Waals surface area contributed by atoms with E-state index in [-0.39, 0.29) is 5.41 Å². The Labute approximate surface area is 135 Å². The summed E-state index contributed by atoms with van der Waals surface area (Å²) in [6.07, 6.45) is 2.12. The van der Waals surface area contributed by atoms with Crippen LogP contribution >= 0.6 is 9.24 Å². The van der Waals surface area contributed by atoms with Crippen molar-refractivity contribution in [3.05, 3.63) is 108 Å². The first kappa shape index (κ1) is 15.0. The minimum Gasteiger partial charge on any atom is -0.138 e. The van der Waals surface area contributed by atoms with Crippen molar-refractivity contribution >= 4 is 9.24 Å². The summed E-state index contributed by atoms with van der Waals surface area (Å²) in [4.78, 5) is 0. The van der Waals surface area contributed by atoms with E-state index in [1.54, 1.807) is 0 Å². The molecule has 0 fully saturated rings. The van der Waals surface area contributed by atoms with Crippen molar-refractivity contribution in [3.63, 3.8) is 0 Å². The van der Waals surface area contributed by atoms with Crippen LogP contribution in [0, 0.1) is 0 Å². The summed E-state index contributed by atoms with van der Waals surface area (Å²) in [5.41, 5.74) is 3.98. The molecule has 0 spiro atoms. The summed E-state index contributed by atoms with van der Waals surface area (Å²) >= 11 is 0. The van der Waals surface area contributed by atoms with Crippen LogP contribution in [0.1, 0.15) is 23.1 Å². The van der Waals surface area contributed by atoms with Gasteiger partial charge in [0, 0.05) is 5.41 Å². The van der Waals surface area contributed by atoms with Gasteiger partial charge in [0.25, 0.3) is 0 Å². The van der Waals surface area contributed by atoms with Crippen LogP contribution in [0.25, 0.3) is 0 Å². The van der Waals surface area contributed by atoms with Crippen molar-refractivity contribution in [2.45, 2.75) is 11.8 Å². The molecule has 0 saturated heterocycles. The number of hydrogen-bond donors (Lipinski definition) is 0. The molecule has 0 aliphatic heterocycles. The molecule has 1 heteroatoms. The predicted molar refractivity (Wildman–Crippen MR) is 98.4 cm³/mol. The number of hydrogen-bond acceptors (Lipinski definition) is 0. The van der Waals surface area contributed by atoms with Crippen LogP contribution in [-0.4, -0.2) is 6.16 Å². The fraction of sp³-hybridized carbons (Fsp3) is 0.143. The lowest BCUT2D eigenvalue weighted by atomic mass is 9.68. The third-order valence-electron chi connectivity index (χ3n) is 4.32. The second-order valence-electron chi connectivity index (χ2n) is 5.54. The number of benzene rings is 3. The first-order valence-electron chi connectivity index (χ1n) is 7.74. The zero-order chi connectivity index (χ0) is 15.3. The van der Waals surface area contributed by atoms with E-state index in [1.165, 1.54) is 16.7 Å². The first-order valence-corrected chi connectivity index (χ1v) is 8.56. The zero-order valence-electron chi connectivity index (χ0n) is 12.7. The second-order valence-corrected chi connectivity index (χ2v) is 6.12. The monoisotopic (exact) mass is 304 g/mol. The van der Waals surface area contributed by atoms with Gasteiger partial charge >= 0.3 is 0 Å². The molecule has 1 atom stereocenters. The van der Waals surface area contributed by atoms with Crippen LogP contribution in [0.3, 0.4) is 0 Å². The molecule has 110 valence electrons. The average molecular weight is 304 g/mol. The molecule has 0 N–H and O–H groups in total. The molecule has 0 amide bonds. The smallest absolute Gasteiger partial charge is 0.0454 e. The fourth-order valence-electron chi connectivity index (χ4n) is 3.32. The summed E-state index contributed by atoms with van der Waals surface area (Å²) in [5.74, 6) is 0. The molecule has 0 saturated carbocycles. The Bertz CT molecular complexity index is 593. The van der Waals surface area contributed by atoms with Crippen molar-refractivity contribution in [3.8, 4) is 0 Å². The van der Waals surface area contributed by atoms with E-state index >= 15 is 0 Å². The molecule has 0 nitrogen and oxygen atoms in total. The Hall–Kier alpha value is -1.91. The Morgan fingerprint density at radius 3 is 1.14 bits per heavy atom. The molecule has 0 heterocycles. The molecule has 3 aromatic rings. The van der Waals surface area contributed by atoms with E-state index in [9.17, 15) is 0 Å². The van der Waals surface area contributed by atoms with E-state index in [1.807, 2.05) is 0 Å². The van der Waals surface area contributed by atoms with Crippen molar-refractivity contribution in [2.24, 2.45) is 0 Å². The molecule has 3 aromatic carbocycles. The lowest BCUT2D eigenvalue weighted by Gasteiger charge is -2.36. The summed E-state index contributed by atoms with van der Waals surface area (Å²) in [6, 6.07) is 32.6. The molecular formula is C21H21P. The van der Waals surface area contributed by atoms with Crippen LogP contribution in [0.15, 0.2) is 91.0 Å². The largest absolute Gasteiger partial charge is 0.138 e. The summed E-state index contributed by atoms with van der Waals surface area (Å²) in [6.45, 7) is 0. The van der Waals surface area contributed by atoms with E-state index in [0.29, 0.717) is 0 Å². The van der Waals surface area contributed by atoms with E-state index in [0.717, 1.165) is 12.6 Å². The van der Waals surface area contributed by atoms with Crippen LogP contribution in [0.2, 0.25) is 0 Å². The van der Waals surface area contributed by atoms with Gasteiger partial charge in [0.05, 0.1) is 0 Å². The minimum atomic E-state index is -0.0917. The third kappa shape index (κ3) is 2.72. The standard InChI is InChI=1S/C21H21P/c22-17-16-21(18-10-4-1-5-11-18,19-12-6-2-7-13-19)20-14-8-3-9-15-20/h1-15H,16-17,22H2. The fourth-order valence-corrected chi connectivity index (χ4v) is 3.75. The van der Waals surface area contributed by atoms with E-state index < -0.39 is 0 Å². The van der Waals surface area contributed by atoms with Crippen LogP contribution < -0.4 is 0 Å². The minimum absolute atomic E-state index is 0.0917. The van der Waals surface area contributed by atoms with Crippen molar-refractivity contribution in [1.82, 2.24) is 0 Å². The zero-order valence-corrected chi connectivity index (χ0v) is 13.8. The van der Waals surface area contributed by atoms with Gasteiger partial charge in [0.15, 0.2) is 0 Å². The van der Waals surface area contributed by atoms with Crippen LogP contribution in [0.5, 0.6) is 0 Å². The van der Waals surface area contributed by atoms with Gasteiger partial charge in [0.1, 0.15) is 0 Å². The highest BCUT2D eigenvalue weighted by molar-refractivity contribution is 7.16. The van der Waals surface area contributed by atoms with E-state index in [4.69, 9.17) is 0 Å². The van der Waals surface area contributed by atoms with Gasteiger partial charge in [-0.25, -0.2) is 0 Å². The van der Waals surface area contributed by atoms with Crippen molar-refractivity contribution < 1.29 is 0 Å². The van der Waals surface area contributed by atoms with Gasteiger partial charge in [-0.2, -0.15) is 0 Å². The highest BCUT2D eigenvalue weighted by Crippen LogP contribution is 2.42. The lowest BCUT2D eigenvalue weighted by Crippen LogP contribution is -2.30. The summed E-state index contributed by atoms with van der Waals surface area (Å²) < 4.78 is 0. The maximum atomic E-state index is 2.89. The summed E-state index contributed by atoms with van der Waals surface area (Å²) in [7, 11) is 2.89. The van der Waals surface area contributed by atoms with E-state index in [2.05, 4.69) is 100 Å². The highest BCUT2D eigenvalue weighted by Gasteiger charge is 2.34. The lowest BCUT2D eigenvalue weighted by molar-refractivity contribution is 0.599. The van der Waals surface area contributed by atoms with Crippen LogP contribution in [0.4, 0.5) is 0 Å². The highest BCUT2D eigenvalue weighted by atomic mass is 31.0. The normalized spacial score (nSPS) is 11.3. The Morgan fingerprint density at radius 2 is 0.864 bits per heavy atom. The average Bonchev–Trinajstić information content (AvgIpc) is 2.62. The van der Waals surface area contributed by atoms with Gasteiger partial charge in [-0.15, -0.1) is 9.24 Å². The molecule has 3 rings (SSSR count). The number of rotatable bonds is 5. The van der Waals surface area contributed by atoms with Gasteiger partial charge in [0.2, 0.25) is 0 Å². The van der Waals surface area contributed by atoms with Crippen LogP contribution in [-0.2, 0) is 5.41 Å². The Balaban J connectivity index is 2.29. The van der Waals surface area contributed by atoms with Gasteiger partial charge in [-0.3, -0.25) is 0 Å². The molecule has 0 aliphatic carbocycles. The third-order valence-corrected chi connectivity index (χ3v) is 4.61. The molecule has 0 aliphatic rings. The summed E-state index contributed by atoms with van der Waals surface area (Å²) in [5, 5.41) is 0. The molecular weight excluding hydrogens is 283 g/mol. The molecule has 0 aromatic heterocycles. The second kappa shape index (κ2) is 6.90. The predicted octanol–water partition coefficient (Wildman–Crippen LogP) is 5.29. The Kier molecular flexibility index (Phi) is 4.71. The molecule has 22 heavy (non-hydrogen) atoms. The van der Waals surface area contributed by atoms with Crippen molar-refractivity contribution in [1.29, 1.82) is 0 Å². The topological polar surface area (TPSA) is 0 Å². The molecule has 0 radical (unpaired) electrons. The molecule has 0 bridgehead atoms. The van der Waals surface area contributed by atoms with Crippen molar-refractivity contribution in [2.75, 3.05) is 6.16 Å². The Morgan fingerprint density at radius 1 is 0.545 bits per heavy atom. The quantitative estimate of drug-likeness (QED) is 0.444. The maximum Gasteiger partial charge on any atom is 0.0454 e. The SMILES string of the molecule is PCCC(c1ccccc1)(c1ccccc1)c1ccccc1. The molecule has 1 unspecified atom stereocenters. The first-order chi connectivity index (χ1) is 10.9. The maximum absolute atomic E-state index is 2.89. The van der Waals surface area contributed by atoms with Gasteiger partial charge < -0.3 is 0 Å².